The lowest BCUT2D eigenvalue weighted by molar-refractivity contribution is -0.134. The number of hydrogen-bond acceptors (Lipinski definition) is 8. The number of hydrogen-bond donors (Lipinski definition) is 6. The number of carbonyl (C=O) groups is 1. The van der Waals surface area contributed by atoms with Crippen molar-refractivity contribution in [2.24, 2.45) is 0 Å². The molecule has 3 rings (SSSR count). The van der Waals surface area contributed by atoms with Crippen LogP contribution in [0.15, 0.2) is 71.6 Å². The van der Waals surface area contributed by atoms with Crippen LogP contribution in [-0.4, -0.2) is 61.1 Å². The highest BCUT2D eigenvalue weighted by molar-refractivity contribution is 7.92. The van der Waals surface area contributed by atoms with Gasteiger partial charge in [0.1, 0.15) is 11.6 Å². The standard InChI is InChI=1S/C31H41FN2O6S.C2H4O2/c32-27-12-14-28(15-13-27)34-41(38,39)29-10-7-9-24(20-29)8-3-6-19-40-18-5-2-1-4-17-33-22-31(37)25-11-16-30(36)26(21-25)23-35;1-2(3)4/h7,9-16,20-21,31,33-37H,1-6,8,17-19,22-23H2;1H3,(H,3,4)/t31-;/m0./s1. The van der Waals surface area contributed by atoms with Crippen LogP contribution in [0.5, 0.6) is 5.75 Å². The molecule has 0 aliphatic rings. The summed E-state index contributed by atoms with van der Waals surface area (Å²) in [6, 6.07) is 16.8. The molecule has 0 spiro atoms. The normalized spacial score (nSPS) is 11.8. The van der Waals surface area contributed by atoms with E-state index in [-0.39, 0.29) is 17.3 Å². The number of ether oxygens (including phenoxy) is 1. The van der Waals surface area contributed by atoms with Gasteiger partial charge in [-0.1, -0.05) is 31.0 Å². The molecular weight excluding hydrogens is 603 g/mol. The molecule has 0 fully saturated rings. The van der Waals surface area contributed by atoms with Crippen molar-refractivity contribution in [1.82, 2.24) is 5.32 Å². The monoisotopic (exact) mass is 648 g/mol. The minimum atomic E-state index is -3.75. The molecule has 3 aromatic carbocycles. The van der Waals surface area contributed by atoms with Crippen molar-refractivity contribution in [1.29, 1.82) is 0 Å². The Morgan fingerprint density at radius 2 is 1.60 bits per heavy atom. The topological polar surface area (TPSA) is 165 Å². The van der Waals surface area contributed by atoms with Crippen LogP contribution in [0.1, 0.15) is 68.2 Å². The average Bonchev–Trinajstić information content (AvgIpc) is 3.00. The van der Waals surface area contributed by atoms with Gasteiger partial charge in [0.15, 0.2) is 0 Å². The summed E-state index contributed by atoms with van der Waals surface area (Å²) < 4.78 is 46.6. The number of aryl methyl sites for hydroxylation is 1. The minimum absolute atomic E-state index is 0.0237. The van der Waals surface area contributed by atoms with E-state index in [0.717, 1.165) is 64.0 Å². The highest BCUT2D eigenvalue weighted by Crippen LogP contribution is 2.22. The second kappa shape index (κ2) is 20.5. The van der Waals surface area contributed by atoms with E-state index in [9.17, 15) is 28.1 Å². The second-order valence-electron chi connectivity index (χ2n) is 10.5. The van der Waals surface area contributed by atoms with E-state index in [1.807, 2.05) is 6.07 Å². The molecule has 0 aromatic heterocycles. The van der Waals surface area contributed by atoms with Crippen LogP contribution in [-0.2, 0) is 32.6 Å². The number of aliphatic hydroxyl groups excluding tert-OH is 2. The quantitative estimate of drug-likeness (QED) is 0.0966. The number of benzene rings is 3. The molecule has 0 aliphatic carbocycles. The zero-order valence-corrected chi connectivity index (χ0v) is 26.4. The summed E-state index contributed by atoms with van der Waals surface area (Å²) in [6.45, 7) is 3.40. The van der Waals surface area contributed by atoms with Gasteiger partial charge in [-0.05, 0) is 98.3 Å². The Labute approximate surface area is 265 Å². The van der Waals surface area contributed by atoms with E-state index in [4.69, 9.17) is 14.6 Å². The molecule has 45 heavy (non-hydrogen) atoms. The minimum Gasteiger partial charge on any atom is -0.508 e. The number of phenols is 1. The number of aliphatic carboxylic acids is 1. The van der Waals surface area contributed by atoms with Gasteiger partial charge in [0.2, 0.25) is 0 Å². The first-order valence-electron chi connectivity index (χ1n) is 15.0. The van der Waals surface area contributed by atoms with Gasteiger partial charge >= 0.3 is 0 Å². The van der Waals surface area contributed by atoms with Crippen LogP contribution >= 0.6 is 0 Å². The Bertz CT molecular complexity index is 1400. The van der Waals surface area contributed by atoms with E-state index in [2.05, 4.69) is 10.0 Å². The fourth-order valence-corrected chi connectivity index (χ4v) is 5.47. The first kappa shape index (κ1) is 37.6. The predicted molar refractivity (Wildman–Crippen MR) is 171 cm³/mol. The Morgan fingerprint density at radius 3 is 2.29 bits per heavy atom. The highest BCUT2D eigenvalue weighted by Gasteiger charge is 2.15. The van der Waals surface area contributed by atoms with Gasteiger partial charge in [0.05, 0.1) is 17.6 Å². The number of anilines is 1. The van der Waals surface area contributed by atoms with Crippen molar-refractivity contribution in [2.75, 3.05) is 31.0 Å². The van der Waals surface area contributed by atoms with E-state index in [1.54, 1.807) is 30.3 Å². The number of sulfonamides is 1. The smallest absolute Gasteiger partial charge is 0.300 e. The Balaban J connectivity index is 0.00000166. The molecule has 6 N–H and O–H groups in total. The number of carboxylic acid groups (broad SMARTS) is 1. The molecule has 3 aromatic rings. The predicted octanol–water partition coefficient (Wildman–Crippen LogP) is 5.14. The lowest BCUT2D eigenvalue weighted by atomic mass is 10.1. The largest absolute Gasteiger partial charge is 0.508 e. The van der Waals surface area contributed by atoms with Gasteiger partial charge in [-0.3, -0.25) is 9.52 Å². The molecule has 10 nitrogen and oxygen atoms in total. The van der Waals surface area contributed by atoms with E-state index >= 15 is 0 Å². The third-order valence-corrected chi connectivity index (χ3v) is 8.08. The van der Waals surface area contributed by atoms with Crippen LogP contribution in [0.25, 0.3) is 0 Å². The van der Waals surface area contributed by atoms with Gasteiger partial charge < -0.3 is 30.5 Å². The van der Waals surface area contributed by atoms with Gasteiger partial charge in [-0.15, -0.1) is 0 Å². The summed E-state index contributed by atoms with van der Waals surface area (Å²) in [7, 11) is -3.75. The number of aromatic hydroxyl groups is 1. The number of carboxylic acids is 1. The molecule has 0 radical (unpaired) electrons. The van der Waals surface area contributed by atoms with E-state index in [1.165, 1.54) is 30.3 Å². The zero-order chi connectivity index (χ0) is 33.1. The summed E-state index contributed by atoms with van der Waals surface area (Å²) in [5.41, 5.74) is 2.31. The third-order valence-electron chi connectivity index (χ3n) is 6.70. The molecule has 0 saturated heterocycles. The molecule has 248 valence electrons. The summed E-state index contributed by atoms with van der Waals surface area (Å²) in [5, 5.41) is 39.8. The van der Waals surface area contributed by atoms with E-state index in [0.29, 0.717) is 36.6 Å². The number of rotatable bonds is 19. The summed E-state index contributed by atoms with van der Waals surface area (Å²) in [5.74, 6) is -1.24. The fourth-order valence-electron chi connectivity index (χ4n) is 4.34. The summed E-state index contributed by atoms with van der Waals surface area (Å²) >= 11 is 0. The third kappa shape index (κ3) is 15.3. The van der Waals surface area contributed by atoms with Gasteiger partial charge in [0.25, 0.3) is 16.0 Å². The molecule has 0 heterocycles. The Kier molecular flexibility index (Phi) is 17.1. The van der Waals surface area contributed by atoms with Crippen molar-refractivity contribution >= 4 is 21.7 Å². The van der Waals surface area contributed by atoms with Crippen molar-refractivity contribution in [3.05, 3.63) is 89.2 Å². The first-order valence-corrected chi connectivity index (χ1v) is 16.5. The molecule has 0 amide bonds. The molecule has 0 aliphatic heterocycles. The second-order valence-corrected chi connectivity index (χ2v) is 12.2. The molecular formula is C33H45FN2O8S. The number of halogens is 1. The van der Waals surface area contributed by atoms with Crippen LogP contribution in [0.2, 0.25) is 0 Å². The highest BCUT2D eigenvalue weighted by atomic mass is 32.2. The molecule has 0 unspecified atom stereocenters. The SMILES string of the molecule is CC(=O)O.O=S(=O)(Nc1ccc(F)cc1)c1cccc(CCCCOCCCCCCNC[C@H](O)c2ccc(O)c(CO)c2)c1. The number of nitrogens with one attached hydrogen (secondary N) is 2. The summed E-state index contributed by atoms with van der Waals surface area (Å²) in [6.07, 6.45) is 5.94. The lowest BCUT2D eigenvalue weighted by Gasteiger charge is -2.14. The van der Waals surface area contributed by atoms with Crippen LogP contribution < -0.4 is 10.0 Å². The van der Waals surface area contributed by atoms with E-state index < -0.39 is 27.9 Å². The number of unbranched alkanes of at least 4 members (excludes halogenated alkanes) is 4. The zero-order valence-electron chi connectivity index (χ0n) is 25.6. The number of aliphatic hydroxyl groups is 2. The van der Waals surface area contributed by atoms with Gasteiger partial charge in [-0.2, -0.15) is 0 Å². The molecule has 0 bridgehead atoms. The molecule has 0 saturated carbocycles. The summed E-state index contributed by atoms with van der Waals surface area (Å²) in [4.78, 5) is 9.18. The molecule has 1 atom stereocenters. The maximum Gasteiger partial charge on any atom is 0.300 e. The van der Waals surface area contributed by atoms with Crippen LogP contribution in [0.4, 0.5) is 10.1 Å². The van der Waals surface area contributed by atoms with Gasteiger partial charge in [0, 0.05) is 37.9 Å². The Morgan fingerprint density at radius 1 is 0.933 bits per heavy atom. The first-order chi connectivity index (χ1) is 21.5. The van der Waals surface area contributed by atoms with Crippen LogP contribution in [0, 0.1) is 5.82 Å². The van der Waals surface area contributed by atoms with Crippen molar-refractivity contribution < 1.29 is 42.8 Å². The van der Waals surface area contributed by atoms with Crippen molar-refractivity contribution in [3.63, 3.8) is 0 Å². The average molecular weight is 649 g/mol. The van der Waals surface area contributed by atoms with Crippen molar-refractivity contribution in [2.45, 2.75) is 69.5 Å². The van der Waals surface area contributed by atoms with Crippen molar-refractivity contribution in [3.8, 4) is 5.75 Å². The lowest BCUT2D eigenvalue weighted by Crippen LogP contribution is -2.22. The Hall–Kier alpha value is -3.55. The molecule has 12 heteroatoms. The maximum atomic E-state index is 13.1. The maximum absolute atomic E-state index is 13.1. The fraction of sp³-hybridized carbons (Fsp3) is 0.424. The van der Waals surface area contributed by atoms with Gasteiger partial charge in [-0.25, -0.2) is 12.8 Å². The van der Waals surface area contributed by atoms with Crippen LogP contribution in [0.3, 0.4) is 0 Å².